The molecule has 1 unspecified atom stereocenters. The summed E-state index contributed by atoms with van der Waals surface area (Å²) in [4.78, 5) is 21.0. The van der Waals surface area contributed by atoms with Crippen LogP contribution < -0.4 is 5.32 Å². The molecule has 0 amide bonds. The number of halogens is 1. The number of nitrogens with one attached hydrogen (secondary N) is 1. The van der Waals surface area contributed by atoms with Gasteiger partial charge in [0.25, 0.3) is 0 Å². The summed E-state index contributed by atoms with van der Waals surface area (Å²) in [6, 6.07) is 0. The van der Waals surface area contributed by atoms with Crippen molar-refractivity contribution < 1.29 is 17.9 Å². The maximum Gasteiger partial charge on any atom is 0.310 e. The van der Waals surface area contributed by atoms with Crippen LogP contribution in [0.25, 0.3) is 0 Å². The summed E-state index contributed by atoms with van der Waals surface area (Å²) < 4.78 is 28.2. The Morgan fingerprint density at radius 1 is 1.22 bits per heavy atom. The van der Waals surface area contributed by atoms with E-state index < -0.39 is 9.84 Å². The lowest BCUT2D eigenvalue weighted by Gasteiger charge is -2.34. The van der Waals surface area contributed by atoms with Gasteiger partial charge >= 0.3 is 5.97 Å². The van der Waals surface area contributed by atoms with E-state index in [-0.39, 0.29) is 47.4 Å². The maximum absolute atomic E-state index is 12.0. The SMILES string of the molecule is CCNC(=NCCN1CCS(=O)(=O)CC1)N1CCCC(C(=O)OCC)C1.I. The fourth-order valence-electron chi connectivity index (χ4n) is 3.32. The average Bonchev–Trinajstić information content (AvgIpc) is 2.62. The highest BCUT2D eigenvalue weighted by atomic mass is 127. The fourth-order valence-corrected chi connectivity index (χ4v) is 4.60. The first-order valence-corrected chi connectivity index (χ1v) is 11.4. The number of sulfone groups is 1. The van der Waals surface area contributed by atoms with E-state index in [1.807, 2.05) is 13.8 Å². The monoisotopic (exact) mass is 516 g/mol. The summed E-state index contributed by atoms with van der Waals surface area (Å²) in [6.45, 7) is 9.08. The molecule has 2 fully saturated rings. The lowest BCUT2D eigenvalue weighted by molar-refractivity contribution is -0.149. The minimum Gasteiger partial charge on any atom is -0.466 e. The number of hydrogen-bond donors (Lipinski definition) is 1. The molecule has 27 heavy (non-hydrogen) atoms. The van der Waals surface area contributed by atoms with Gasteiger partial charge in [0.1, 0.15) is 0 Å². The van der Waals surface area contributed by atoms with Crippen LogP contribution >= 0.6 is 24.0 Å². The number of hydrogen-bond acceptors (Lipinski definition) is 6. The third-order valence-corrected chi connectivity index (χ3v) is 6.40. The van der Waals surface area contributed by atoms with Crippen molar-refractivity contribution in [3.8, 4) is 0 Å². The van der Waals surface area contributed by atoms with Crippen LogP contribution in [0.3, 0.4) is 0 Å². The van der Waals surface area contributed by atoms with E-state index in [9.17, 15) is 13.2 Å². The molecule has 0 aliphatic carbocycles. The summed E-state index contributed by atoms with van der Waals surface area (Å²) in [5.41, 5.74) is 0. The Labute approximate surface area is 180 Å². The van der Waals surface area contributed by atoms with Crippen molar-refractivity contribution in [1.82, 2.24) is 15.1 Å². The number of nitrogens with zero attached hydrogens (tertiary/aromatic N) is 3. The Hall–Kier alpha value is -0.620. The molecule has 0 aromatic heterocycles. The van der Waals surface area contributed by atoms with Crippen LogP contribution in [-0.2, 0) is 19.4 Å². The largest absolute Gasteiger partial charge is 0.466 e. The molecular weight excluding hydrogens is 483 g/mol. The Balaban J connectivity index is 0.00000364. The molecule has 8 nitrogen and oxygen atoms in total. The van der Waals surface area contributed by atoms with Gasteiger partial charge in [-0.05, 0) is 26.7 Å². The van der Waals surface area contributed by atoms with Gasteiger partial charge in [-0.15, -0.1) is 24.0 Å². The van der Waals surface area contributed by atoms with Crippen molar-refractivity contribution >= 4 is 45.7 Å². The van der Waals surface area contributed by atoms with E-state index in [0.29, 0.717) is 32.8 Å². The molecule has 0 aromatic rings. The molecule has 2 saturated heterocycles. The summed E-state index contributed by atoms with van der Waals surface area (Å²) in [6.07, 6.45) is 1.80. The Morgan fingerprint density at radius 2 is 1.93 bits per heavy atom. The number of esters is 1. The van der Waals surface area contributed by atoms with Gasteiger partial charge in [-0.25, -0.2) is 8.42 Å². The predicted molar refractivity (Wildman–Crippen MR) is 117 cm³/mol. The number of carbonyl (C=O) groups is 1. The molecule has 0 spiro atoms. The average molecular weight is 516 g/mol. The Morgan fingerprint density at radius 3 is 2.56 bits per heavy atom. The minimum absolute atomic E-state index is 0. The van der Waals surface area contributed by atoms with Gasteiger partial charge < -0.3 is 15.0 Å². The minimum atomic E-state index is -2.84. The van der Waals surface area contributed by atoms with Crippen LogP contribution in [0, 0.1) is 5.92 Å². The third kappa shape index (κ3) is 8.10. The summed E-state index contributed by atoms with van der Waals surface area (Å²) >= 11 is 0. The number of aliphatic imine (C=N–C) groups is 1. The topological polar surface area (TPSA) is 91.3 Å². The van der Waals surface area contributed by atoms with Gasteiger partial charge in [-0.3, -0.25) is 14.7 Å². The number of rotatable bonds is 6. The molecule has 2 heterocycles. The quantitative estimate of drug-likeness (QED) is 0.239. The number of carbonyl (C=O) groups excluding carboxylic acids is 1. The molecule has 0 radical (unpaired) electrons. The number of guanidine groups is 1. The molecule has 0 aromatic carbocycles. The zero-order chi connectivity index (χ0) is 19.0. The molecule has 2 aliphatic heterocycles. The van der Waals surface area contributed by atoms with Crippen molar-refractivity contribution in [2.24, 2.45) is 10.9 Å². The van der Waals surface area contributed by atoms with E-state index in [1.165, 1.54) is 0 Å². The van der Waals surface area contributed by atoms with Gasteiger partial charge in [0, 0.05) is 39.3 Å². The maximum atomic E-state index is 12.0. The van der Waals surface area contributed by atoms with E-state index in [2.05, 4.69) is 15.1 Å². The molecule has 1 atom stereocenters. The normalized spacial score (nSPS) is 23.4. The molecule has 2 rings (SSSR count). The second-order valence-electron chi connectivity index (χ2n) is 6.77. The predicted octanol–water partition coefficient (Wildman–Crippen LogP) is 0.575. The highest BCUT2D eigenvalue weighted by Gasteiger charge is 2.28. The Bertz CT molecular complexity index is 586. The fraction of sp³-hybridized carbons (Fsp3) is 0.882. The number of ether oxygens (including phenoxy) is 1. The van der Waals surface area contributed by atoms with Crippen molar-refractivity contribution in [2.45, 2.75) is 26.7 Å². The highest BCUT2D eigenvalue weighted by Crippen LogP contribution is 2.18. The van der Waals surface area contributed by atoms with Gasteiger partial charge in [0.15, 0.2) is 15.8 Å². The second-order valence-corrected chi connectivity index (χ2v) is 9.07. The summed E-state index contributed by atoms with van der Waals surface area (Å²) in [7, 11) is -2.84. The molecular formula is C17H33IN4O4S. The van der Waals surface area contributed by atoms with Crippen LogP contribution in [-0.4, -0.2) is 94.1 Å². The molecule has 2 aliphatic rings. The smallest absolute Gasteiger partial charge is 0.310 e. The first-order chi connectivity index (χ1) is 12.4. The standard InChI is InChI=1S/C17H32N4O4S.HI/c1-3-18-17(19-7-9-20-10-12-26(23,24)13-11-20)21-8-5-6-15(14-21)16(22)25-4-2;/h15H,3-14H2,1-2H3,(H,18,19);1H. The van der Waals surface area contributed by atoms with E-state index >= 15 is 0 Å². The van der Waals surface area contributed by atoms with Crippen LogP contribution in [0.15, 0.2) is 4.99 Å². The zero-order valence-electron chi connectivity index (χ0n) is 16.4. The van der Waals surface area contributed by atoms with Crippen LogP contribution in [0.5, 0.6) is 0 Å². The zero-order valence-corrected chi connectivity index (χ0v) is 19.5. The highest BCUT2D eigenvalue weighted by molar-refractivity contribution is 14.0. The van der Waals surface area contributed by atoms with E-state index in [0.717, 1.165) is 38.4 Å². The molecule has 0 saturated carbocycles. The van der Waals surface area contributed by atoms with E-state index in [1.54, 1.807) is 0 Å². The lowest BCUT2D eigenvalue weighted by atomic mass is 9.98. The van der Waals surface area contributed by atoms with Crippen LogP contribution in [0.1, 0.15) is 26.7 Å². The van der Waals surface area contributed by atoms with Crippen molar-refractivity contribution in [3.05, 3.63) is 0 Å². The molecule has 0 bridgehead atoms. The van der Waals surface area contributed by atoms with Gasteiger partial charge in [0.2, 0.25) is 0 Å². The van der Waals surface area contributed by atoms with Gasteiger partial charge in [-0.1, -0.05) is 0 Å². The summed E-state index contributed by atoms with van der Waals surface area (Å²) in [5, 5.41) is 3.30. The van der Waals surface area contributed by atoms with Crippen molar-refractivity contribution in [2.75, 3.05) is 63.9 Å². The summed E-state index contributed by atoms with van der Waals surface area (Å²) in [5.74, 6) is 1.09. The molecule has 158 valence electrons. The number of likely N-dealkylation sites (tertiary alicyclic amines) is 1. The third-order valence-electron chi connectivity index (χ3n) is 4.79. The van der Waals surface area contributed by atoms with Gasteiger partial charge in [0.05, 0.1) is 30.6 Å². The first kappa shape index (κ1) is 24.4. The van der Waals surface area contributed by atoms with E-state index in [4.69, 9.17) is 9.73 Å². The van der Waals surface area contributed by atoms with Gasteiger partial charge in [-0.2, -0.15) is 0 Å². The molecule has 10 heteroatoms. The van der Waals surface area contributed by atoms with Crippen LogP contribution in [0.2, 0.25) is 0 Å². The van der Waals surface area contributed by atoms with Crippen LogP contribution in [0.4, 0.5) is 0 Å². The van der Waals surface area contributed by atoms with Crippen molar-refractivity contribution in [1.29, 1.82) is 0 Å². The lowest BCUT2D eigenvalue weighted by Crippen LogP contribution is -2.48. The number of piperidine rings is 1. The second kappa shape index (κ2) is 12.1. The Kier molecular flexibility index (Phi) is 10.9. The first-order valence-electron chi connectivity index (χ1n) is 9.58. The van der Waals surface area contributed by atoms with Crippen molar-refractivity contribution in [3.63, 3.8) is 0 Å². The molecule has 1 N–H and O–H groups in total.